The fourth-order valence-electron chi connectivity index (χ4n) is 3.76. The highest BCUT2D eigenvalue weighted by molar-refractivity contribution is 5.31. The van der Waals surface area contributed by atoms with Crippen LogP contribution in [-0.2, 0) is 5.60 Å². The third-order valence-electron chi connectivity index (χ3n) is 5.17. The zero-order valence-corrected chi connectivity index (χ0v) is 16.2. The predicted molar refractivity (Wildman–Crippen MR) is 100 cm³/mol. The van der Waals surface area contributed by atoms with Gasteiger partial charge in [-0.05, 0) is 50.3 Å². The third kappa shape index (κ3) is 5.22. The van der Waals surface area contributed by atoms with Crippen molar-refractivity contribution in [1.29, 1.82) is 0 Å². The molecule has 1 aliphatic carbocycles. The third-order valence-corrected chi connectivity index (χ3v) is 5.17. The first-order valence-corrected chi connectivity index (χ1v) is 9.51. The van der Waals surface area contributed by atoms with Crippen molar-refractivity contribution >= 4 is 0 Å². The second-order valence-electron chi connectivity index (χ2n) is 8.71. The molecule has 1 saturated carbocycles. The molecule has 1 aromatic carbocycles. The number of rotatable bonds is 7. The van der Waals surface area contributed by atoms with Gasteiger partial charge < -0.3 is 14.3 Å². The Morgan fingerprint density at radius 2 is 1.67 bits per heavy atom. The highest BCUT2D eigenvalue weighted by Crippen LogP contribution is 2.42. The number of hydrogen-bond acceptors (Lipinski definition) is 2. The van der Waals surface area contributed by atoms with Crippen molar-refractivity contribution in [3.63, 3.8) is 0 Å². The van der Waals surface area contributed by atoms with Crippen LogP contribution >= 0.6 is 0 Å². The summed E-state index contributed by atoms with van der Waals surface area (Å²) in [7, 11) is 6.59. The van der Waals surface area contributed by atoms with Crippen LogP contribution in [0.4, 0.5) is 0 Å². The van der Waals surface area contributed by atoms with Gasteiger partial charge in [0.25, 0.3) is 0 Å². The average Bonchev–Trinajstić information content (AvgIpc) is 2.53. The first kappa shape index (κ1) is 19.3. The summed E-state index contributed by atoms with van der Waals surface area (Å²) in [5.41, 5.74) is 0.335. The predicted octanol–water partition coefficient (Wildman–Crippen LogP) is 4.34. The number of aliphatic hydroxyl groups is 1. The Labute approximate surface area is 148 Å². The summed E-state index contributed by atoms with van der Waals surface area (Å²) >= 11 is 0. The number of ether oxygens (including phenoxy) is 1. The van der Waals surface area contributed by atoms with Crippen molar-refractivity contribution in [2.75, 3.05) is 27.7 Å². The van der Waals surface area contributed by atoms with Gasteiger partial charge in [0.15, 0.2) is 0 Å². The molecule has 0 bridgehead atoms. The lowest BCUT2D eigenvalue weighted by Gasteiger charge is -2.40. The molecule has 24 heavy (non-hydrogen) atoms. The SMILES string of the molecule is CC(C)Oc1ccc(C(O)(CC[N+](C)(C)C)C2CCCCC2)cc1. The molecule has 1 aliphatic rings. The molecule has 136 valence electrons. The van der Waals surface area contributed by atoms with E-state index in [1.54, 1.807) is 0 Å². The van der Waals surface area contributed by atoms with Gasteiger partial charge in [-0.2, -0.15) is 0 Å². The quantitative estimate of drug-likeness (QED) is 0.752. The van der Waals surface area contributed by atoms with E-state index in [2.05, 4.69) is 33.3 Å². The Kier molecular flexibility index (Phi) is 6.33. The lowest BCUT2D eigenvalue weighted by Crippen LogP contribution is -2.43. The molecule has 0 saturated heterocycles. The summed E-state index contributed by atoms with van der Waals surface area (Å²) in [6.07, 6.45) is 7.05. The maximum atomic E-state index is 11.7. The largest absolute Gasteiger partial charge is 0.491 e. The van der Waals surface area contributed by atoms with Gasteiger partial charge in [0.1, 0.15) is 5.75 Å². The number of benzene rings is 1. The molecule has 0 amide bonds. The van der Waals surface area contributed by atoms with Crippen molar-refractivity contribution in [2.24, 2.45) is 5.92 Å². The Morgan fingerprint density at radius 3 is 2.17 bits per heavy atom. The van der Waals surface area contributed by atoms with Crippen molar-refractivity contribution in [1.82, 2.24) is 0 Å². The van der Waals surface area contributed by atoms with Gasteiger partial charge in [-0.1, -0.05) is 31.4 Å². The van der Waals surface area contributed by atoms with Crippen LogP contribution in [0.3, 0.4) is 0 Å². The Hall–Kier alpha value is -1.06. The van der Waals surface area contributed by atoms with E-state index >= 15 is 0 Å². The molecule has 3 heteroatoms. The van der Waals surface area contributed by atoms with Gasteiger partial charge in [-0.3, -0.25) is 0 Å². The number of quaternary nitrogens is 1. The normalized spacial score (nSPS) is 19.3. The zero-order valence-electron chi connectivity index (χ0n) is 16.2. The van der Waals surface area contributed by atoms with Crippen LogP contribution in [0, 0.1) is 5.92 Å². The van der Waals surface area contributed by atoms with E-state index in [4.69, 9.17) is 4.74 Å². The molecule has 0 heterocycles. The maximum Gasteiger partial charge on any atom is 0.119 e. The average molecular weight is 335 g/mol. The molecular formula is C21H36NO2+. The second-order valence-corrected chi connectivity index (χ2v) is 8.71. The molecule has 0 spiro atoms. The van der Waals surface area contributed by atoms with E-state index in [0.717, 1.165) is 41.6 Å². The molecule has 1 unspecified atom stereocenters. The summed E-state index contributed by atoms with van der Waals surface area (Å²) in [6.45, 7) is 5.04. The second kappa shape index (κ2) is 7.88. The van der Waals surface area contributed by atoms with Gasteiger partial charge in [0.05, 0.1) is 39.4 Å². The molecule has 1 N–H and O–H groups in total. The van der Waals surface area contributed by atoms with Gasteiger partial charge in [0, 0.05) is 6.42 Å². The Morgan fingerprint density at radius 1 is 1.08 bits per heavy atom. The lowest BCUT2D eigenvalue weighted by atomic mass is 9.71. The van der Waals surface area contributed by atoms with Crippen molar-refractivity contribution < 1.29 is 14.3 Å². The Balaban J connectivity index is 2.23. The van der Waals surface area contributed by atoms with Crippen LogP contribution in [0.5, 0.6) is 5.75 Å². The lowest BCUT2D eigenvalue weighted by molar-refractivity contribution is -0.871. The van der Waals surface area contributed by atoms with Gasteiger partial charge in [-0.25, -0.2) is 0 Å². The summed E-state index contributed by atoms with van der Waals surface area (Å²) in [4.78, 5) is 0. The smallest absolute Gasteiger partial charge is 0.119 e. The molecule has 2 rings (SSSR count). The van der Waals surface area contributed by atoms with Crippen LogP contribution in [0.25, 0.3) is 0 Å². The molecule has 0 aliphatic heterocycles. The molecular weight excluding hydrogens is 298 g/mol. The monoisotopic (exact) mass is 334 g/mol. The standard InChI is InChI=1S/C21H36NO2/c1-17(2)24-20-13-11-19(12-14-20)21(23,15-16-22(3,4)5)18-9-7-6-8-10-18/h11-14,17-18,23H,6-10,15-16H2,1-5H3/q+1. The molecule has 1 aromatic rings. The first-order chi connectivity index (χ1) is 11.2. The van der Waals surface area contributed by atoms with Gasteiger partial charge in [-0.15, -0.1) is 0 Å². The van der Waals surface area contributed by atoms with Crippen LogP contribution in [0.2, 0.25) is 0 Å². The van der Waals surface area contributed by atoms with E-state index in [9.17, 15) is 5.11 Å². The van der Waals surface area contributed by atoms with E-state index in [-0.39, 0.29) is 6.10 Å². The number of nitrogens with zero attached hydrogens (tertiary/aromatic N) is 1. The van der Waals surface area contributed by atoms with Gasteiger partial charge >= 0.3 is 0 Å². The molecule has 1 atom stereocenters. The van der Waals surface area contributed by atoms with Crippen LogP contribution < -0.4 is 4.74 Å². The first-order valence-electron chi connectivity index (χ1n) is 9.51. The molecule has 3 nitrogen and oxygen atoms in total. The van der Waals surface area contributed by atoms with E-state index in [0.29, 0.717) is 5.92 Å². The van der Waals surface area contributed by atoms with Crippen molar-refractivity contribution in [3.05, 3.63) is 29.8 Å². The minimum atomic E-state index is -0.720. The van der Waals surface area contributed by atoms with Crippen LogP contribution in [-0.4, -0.2) is 43.4 Å². The van der Waals surface area contributed by atoms with Crippen molar-refractivity contribution in [2.45, 2.75) is 64.1 Å². The van der Waals surface area contributed by atoms with Crippen LogP contribution in [0.15, 0.2) is 24.3 Å². The topological polar surface area (TPSA) is 29.5 Å². The molecule has 0 aromatic heterocycles. The summed E-state index contributed by atoms with van der Waals surface area (Å²) < 4.78 is 6.64. The summed E-state index contributed by atoms with van der Waals surface area (Å²) in [6, 6.07) is 8.16. The van der Waals surface area contributed by atoms with E-state index in [1.165, 1.54) is 19.3 Å². The summed E-state index contributed by atoms with van der Waals surface area (Å²) in [5.74, 6) is 1.25. The van der Waals surface area contributed by atoms with Crippen molar-refractivity contribution in [3.8, 4) is 5.75 Å². The highest BCUT2D eigenvalue weighted by Gasteiger charge is 2.40. The van der Waals surface area contributed by atoms with E-state index < -0.39 is 5.60 Å². The minimum Gasteiger partial charge on any atom is -0.491 e. The van der Waals surface area contributed by atoms with E-state index in [1.807, 2.05) is 26.0 Å². The number of hydrogen-bond donors (Lipinski definition) is 1. The highest BCUT2D eigenvalue weighted by atomic mass is 16.5. The molecule has 0 radical (unpaired) electrons. The van der Waals surface area contributed by atoms with Crippen LogP contribution in [0.1, 0.15) is 57.9 Å². The zero-order chi connectivity index (χ0) is 17.8. The fourth-order valence-corrected chi connectivity index (χ4v) is 3.76. The fraction of sp³-hybridized carbons (Fsp3) is 0.714. The van der Waals surface area contributed by atoms with Gasteiger partial charge in [0.2, 0.25) is 0 Å². The maximum absolute atomic E-state index is 11.7. The molecule has 1 fully saturated rings. The Bertz CT molecular complexity index is 498. The summed E-state index contributed by atoms with van der Waals surface area (Å²) in [5, 5.41) is 11.7. The minimum absolute atomic E-state index is 0.172.